The van der Waals surface area contributed by atoms with Gasteiger partial charge in [-0.05, 0) is 18.2 Å². The summed E-state index contributed by atoms with van der Waals surface area (Å²) < 4.78 is 30.2. The van der Waals surface area contributed by atoms with Crippen LogP contribution in [0.15, 0.2) is 42.7 Å². The second-order valence-electron chi connectivity index (χ2n) is 4.55. The van der Waals surface area contributed by atoms with Gasteiger partial charge >= 0.3 is 0 Å². The molecule has 5 nitrogen and oxygen atoms in total. The molecule has 0 radical (unpaired) electrons. The van der Waals surface area contributed by atoms with E-state index in [0.29, 0.717) is 18.1 Å². The lowest BCUT2D eigenvalue weighted by Crippen LogP contribution is -2.05. The molecule has 0 saturated heterocycles. The highest BCUT2D eigenvalue weighted by atomic mass is 19.1. The predicted molar refractivity (Wildman–Crippen MR) is 74.0 cm³/mol. The average molecular weight is 289 g/mol. The van der Waals surface area contributed by atoms with Crippen LogP contribution in [-0.4, -0.2) is 19.6 Å². The maximum atomic E-state index is 13.7. The van der Waals surface area contributed by atoms with Gasteiger partial charge in [-0.2, -0.15) is 10.2 Å². The third kappa shape index (κ3) is 2.76. The van der Waals surface area contributed by atoms with Crippen molar-refractivity contribution in [1.29, 1.82) is 0 Å². The van der Waals surface area contributed by atoms with Gasteiger partial charge in [0, 0.05) is 25.5 Å². The monoisotopic (exact) mass is 289 g/mol. The van der Waals surface area contributed by atoms with E-state index in [2.05, 4.69) is 15.5 Å². The van der Waals surface area contributed by atoms with Crippen molar-refractivity contribution in [3.63, 3.8) is 0 Å². The van der Waals surface area contributed by atoms with Gasteiger partial charge in [0.05, 0.1) is 12.2 Å². The number of hydrogen-bond donors (Lipinski definition) is 1. The number of halogens is 2. The summed E-state index contributed by atoms with van der Waals surface area (Å²) in [4.78, 5) is 0. The van der Waals surface area contributed by atoms with Crippen LogP contribution in [0.3, 0.4) is 0 Å². The first-order valence-corrected chi connectivity index (χ1v) is 6.36. The highest BCUT2D eigenvalue weighted by molar-refractivity contribution is 5.35. The Kier molecular flexibility index (Phi) is 3.39. The van der Waals surface area contributed by atoms with Gasteiger partial charge in [-0.25, -0.2) is 13.5 Å². The van der Waals surface area contributed by atoms with Crippen LogP contribution in [0.1, 0.15) is 5.69 Å². The minimum Gasteiger partial charge on any atom is -0.363 e. The van der Waals surface area contributed by atoms with Crippen molar-refractivity contribution in [1.82, 2.24) is 19.6 Å². The van der Waals surface area contributed by atoms with Gasteiger partial charge in [0.15, 0.2) is 11.6 Å². The summed E-state index contributed by atoms with van der Waals surface area (Å²) in [5.74, 6) is -0.589. The molecule has 3 rings (SSSR count). The SMILES string of the molecule is Cn1ccc(NCc2ccn(-c3c(F)cccc3F)n2)n1. The molecule has 0 atom stereocenters. The van der Waals surface area contributed by atoms with E-state index >= 15 is 0 Å². The molecule has 1 aromatic carbocycles. The molecule has 3 aromatic rings. The van der Waals surface area contributed by atoms with Crippen LogP contribution in [0.5, 0.6) is 0 Å². The Bertz CT molecular complexity index is 742. The Morgan fingerprint density at radius 2 is 1.81 bits per heavy atom. The predicted octanol–water partition coefficient (Wildman–Crippen LogP) is 2.50. The van der Waals surface area contributed by atoms with Crippen molar-refractivity contribution in [2.45, 2.75) is 6.54 Å². The first-order chi connectivity index (χ1) is 10.1. The number of aryl methyl sites for hydroxylation is 1. The Morgan fingerprint density at radius 3 is 2.48 bits per heavy atom. The van der Waals surface area contributed by atoms with Crippen molar-refractivity contribution in [3.8, 4) is 5.69 Å². The molecule has 2 aromatic heterocycles. The van der Waals surface area contributed by atoms with Crippen LogP contribution in [0.2, 0.25) is 0 Å². The van der Waals surface area contributed by atoms with Gasteiger partial charge in [-0.3, -0.25) is 4.68 Å². The quantitative estimate of drug-likeness (QED) is 0.802. The number of hydrogen-bond acceptors (Lipinski definition) is 3. The minimum atomic E-state index is -0.651. The van der Waals surface area contributed by atoms with E-state index in [0.717, 1.165) is 0 Å². The Hall–Kier alpha value is -2.70. The summed E-state index contributed by atoms with van der Waals surface area (Å²) >= 11 is 0. The standard InChI is InChI=1S/C14H13F2N5/c1-20-7-6-13(19-20)17-9-10-5-8-21(18-10)14-11(15)3-2-4-12(14)16/h2-8H,9H2,1H3,(H,17,19). The van der Waals surface area contributed by atoms with Crippen LogP contribution in [-0.2, 0) is 13.6 Å². The zero-order valence-electron chi connectivity index (χ0n) is 11.3. The van der Waals surface area contributed by atoms with Crippen molar-refractivity contribution in [2.75, 3.05) is 5.32 Å². The van der Waals surface area contributed by atoms with E-state index in [-0.39, 0.29) is 5.69 Å². The number of anilines is 1. The second kappa shape index (κ2) is 5.35. The smallest absolute Gasteiger partial charge is 0.151 e. The second-order valence-corrected chi connectivity index (χ2v) is 4.55. The number of para-hydroxylation sites is 1. The molecular weight excluding hydrogens is 276 g/mol. The van der Waals surface area contributed by atoms with E-state index in [1.165, 1.54) is 29.1 Å². The third-order valence-electron chi connectivity index (χ3n) is 2.98. The number of benzene rings is 1. The molecule has 0 fully saturated rings. The van der Waals surface area contributed by atoms with Crippen LogP contribution in [0.4, 0.5) is 14.6 Å². The molecule has 21 heavy (non-hydrogen) atoms. The van der Waals surface area contributed by atoms with Gasteiger partial charge in [0.25, 0.3) is 0 Å². The normalized spacial score (nSPS) is 10.8. The molecule has 0 aliphatic heterocycles. The van der Waals surface area contributed by atoms with Crippen molar-refractivity contribution in [3.05, 3.63) is 60.1 Å². The molecule has 0 bridgehead atoms. The van der Waals surface area contributed by atoms with E-state index in [9.17, 15) is 8.78 Å². The van der Waals surface area contributed by atoms with Gasteiger partial charge in [-0.15, -0.1) is 0 Å². The van der Waals surface area contributed by atoms with Crippen molar-refractivity contribution in [2.24, 2.45) is 7.05 Å². The highest BCUT2D eigenvalue weighted by Crippen LogP contribution is 2.17. The lowest BCUT2D eigenvalue weighted by Gasteiger charge is -2.04. The maximum Gasteiger partial charge on any atom is 0.151 e. The molecule has 0 aliphatic rings. The van der Waals surface area contributed by atoms with Crippen molar-refractivity contribution < 1.29 is 8.78 Å². The first kappa shape index (κ1) is 13.3. The van der Waals surface area contributed by atoms with Crippen LogP contribution in [0, 0.1) is 11.6 Å². The summed E-state index contributed by atoms with van der Waals surface area (Å²) in [6.07, 6.45) is 3.34. The van der Waals surface area contributed by atoms with Crippen LogP contribution >= 0.6 is 0 Å². The van der Waals surface area contributed by atoms with Gasteiger partial charge in [0.1, 0.15) is 11.5 Å². The molecule has 0 unspecified atom stereocenters. The van der Waals surface area contributed by atoms with Gasteiger partial charge in [0.2, 0.25) is 0 Å². The fourth-order valence-electron chi connectivity index (χ4n) is 1.98. The number of rotatable bonds is 4. The lowest BCUT2D eigenvalue weighted by atomic mass is 10.3. The zero-order valence-corrected chi connectivity index (χ0v) is 11.3. The highest BCUT2D eigenvalue weighted by Gasteiger charge is 2.12. The fraction of sp³-hybridized carbons (Fsp3) is 0.143. The molecule has 0 aliphatic carbocycles. The summed E-state index contributed by atoms with van der Waals surface area (Å²) in [6.45, 7) is 0.417. The summed E-state index contributed by atoms with van der Waals surface area (Å²) in [6, 6.07) is 7.24. The van der Waals surface area contributed by atoms with E-state index in [4.69, 9.17) is 0 Å². The number of aromatic nitrogens is 4. The average Bonchev–Trinajstić information content (AvgIpc) is 3.06. The first-order valence-electron chi connectivity index (χ1n) is 6.36. The topological polar surface area (TPSA) is 47.7 Å². The van der Waals surface area contributed by atoms with E-state index in [1.54, 1.807) is 10.7 Å². The van der Waals surface area contributed by atoms with Crippen molar-refractivity contribution >= 4 is 5.82 Å². The van der Waals surface area contributed by atoms with E-state index < -0.39 is 11.6 Å². The molecule has 108 valence electrons. The number of nitrogens with zero attached hydrogens (tertiary/aromatic N) is 4. The molecule has 0 spiro atoms. The Morgan fingerprint density at radius 1 is 1.05 bits per heavy atom. The maximum absolute atomic E-state index is 13.7. The van der Waals surface area contributed by atoms with E-state index in [1.807, 2.05) is 19.3 Å². The van der Waals surface area contributed by atoms with Crippen LogP contribution in [0.25, 0.3) is 5.69 Å². The molecule has 7 heteroatoms. The minimum absolute atomic E-state index is 0.179. The number of nitrogens with one attached hydrogen (secondary N) is 1. The molecular formula is C14H13F2N5. The van der Waals surface area contributed by atoms with Gasteiger partial charge < -0.3 is 5.32 Å². The molecule has 0 amide bonds. The van der Waals surface area contributed by atoms with Crippen LogP contribution < -0.4 is 5.32 Å². The molecule has 1 N–H and O–H groups in total. The molecule has 0 saturated carbocycles. The van der Waals surface area contributed by atoms with Gasteiger partial charge in [-0.1, -0.05) is 6.07 Å². The summed E-state index contributed by atoms with van der Waals surface area (Å²) in [5, 5.41) is 11.4. The Balaban J connectivity index is 1.77. The lowest BCUT2D eigenvalue weighted by molar-refractivity contribution is 0.559. The summed E-state index contributed by atoms with van der Waals surface area (Å²) in [7, 11) is 1.82. The fourth-order valence-corrected chi connectivity index (χ4v) is 1.98. The zero-order chi connectivity index (χ0) is 14.8. The largest absolute Gasteiger partial charge is 0.363 e. The Labute approximate surface area is 119 Å². The third-order valence-corrected chi connectivity index (χ3v) is 2.98. The molecule has 2 heterocycles. The summed E-state index contributed by atoms with van der Waals surface area (Å²) in [5.41, 5.74) is 0.477.